The molecule has 4 nitrogen and oxygen atoms in total. The van der Waals surface area contributed by atoms with Crippen LogP contribution in [-0.4, -0.2) is 23.4 Å². The van der Waals surface area contributed by atoms with Gasteiger partial charge in [0.05, 0.1) is 17.7 Å². The highest BCUT2D eigenvalue weighted by atomic mass is 16.1. The summed E-state index contributed by atoms with van der Waals surface area (Å²) in [6.07, 6.45) is 2.95. The van der Waals surface area contributed by atoms with E-state index in [0.717, 1.165) is 31.4 Å². The van der Waals surface area contributed by atoms with E-state index in [1.54, 1.807) is 6.07 Å². The SMILES string of the molecule is N#Cc1ccccc1CN1CCCC[C@@H]1C(N)=O. The zero-order valence-corrected chi connectivity index (χ0v) is 10.3. The molecule has 1 aromatic carbocycles. The fourth-order valence-corrected chi connectivity index (χ4v) is 2.49. The summed E-state index contributed by atoms with van der Waals surface area (Å²) in [7, 11) is 0. The van der Waals surface area contributed by atoms with Crippen molar-refractivity contribution in [2.75, 3.05) is 6.54 Å². The van der Waals surface area contributed by atoms with Crippen molar-refractivity contribution < 1.29 is 4.79 Å². The minimum Gasteiger partial charge on any atom is -0.368 e. The fourth-order valence-electron chi connectivity index (χ4n) is 2.49. The van der Waals surface area contributed by atoms with Crippen molar-refractivity contribution >= 4 is 5.91 Å². The Morgan fingerprint density at radius 3 is 2.94 bits per heavy atom. The maximum atomic E-state index is 11.4. The number of nitrogens with two attached hydrogens (primary N) is 1. The number of nitriles is 1. The number of benzene rings is 1. The molecule has 94 valence electrons. The summed E-state index contributed by atoms with van der Waals surface area (Å²) >= 11 is 0. The van der Waals surface area contributed by atoms with Gasteiger partial charge in [0.2, 0.25) is 5.91 Å². The highest BCUT2D eigenvalue weighted by Gasteiger charge is 2.27. The van der Waals surface area contributed by atoms with Crippen molar-refractivity contribution in [2.24, 2.45) is 5.73 Å². The van der Waals surface area contributed by atoms with Crippen LogP contribution in [0.5, 0.6) is 0 Å². The van der Waals surface area contributed by atoms with E-state index >= 15 is 0 Å². The Labute approximate surface area is 107 Å². The second-order valence-electron chi connectivity index (χ2n) is 4.65. The number of hydrogen-bond donors (Lipinski definition) is 1. The van der Waals surface area contributed by atoms with Crippen LogP contribution in [0.2, 0.25) is 0 Å². The van der Waals surface area contributed by atoms with Crippen molar-refractivity contribution in [3.8, 4) is 6.07 Å². The molecular weight excluding hydrogens is 226 g/mol. The summed E-state index contributed by atoms with van der Waals surface area (Å²) in [6, 6.07) is 9.50. The number of rotatable bonds is 3. The Kier molecular flexibility index (Phi) is 3.96. The van der Waals surface area contributed by atoms with E-state index in [2.05, 4.69) is 11.0 Å². The van der Waals surface area contributed by atoms with Gasteiger partial charge in [-0.3, -0.25) is 9.69 Å². The Morgan fingerprint density at radius 2 is 2.22 bits per heavy atom. The van der Waals surface area contributed by atoms with Crippen LogP contribution in [0, 0.1) is 11.3 Å². The normalized spacial score (nSPS) is 20.3. The molecule has 0 aromatic heterocycles. The van der Waals surface area contributed by atoms with Gasteiger partial charge in [-0.15, -0.1) is 0 Å². The number of hydrogen-bond acceptors (Lipinski definition) is 3. The number of likely N-dealkylation sites (tertiary alicyclic amines) is 1. The predicted molar refractivity (Wildman–Crippen MR) is 68.4 cm³/mol. The Bertz CT molecular complexity index is 478. The van der Waals surface area contributed by atoms with Crippen molar-refractivity contribution in [2.45, 2.75) is 31.8 Å². The number of carbonyl (C=O) groups excluding carboxylic acids is 1. The van der Waals surface area contributed by atoms with Crippen molar-refractivity contribution in [1.29, 1.82) is 5.26 Å². The van der Waals surface area contributed by atoms with E-state index in [1.807, 2.05) is 18.2 Å². The molecule has 1 aliphatic rings. The van der Waals surface area contributed by atoms with Gasteiger partial charge in [-0.25, -0.2) is 0 Å². The highest BCUT2D eigenvalue weighted by Crippen LogP contribution is 2.20. The van der Waals surface area contributed by atoms with Gasteiger partial charge in [0, 0.05) is 6.54 Å². The lowest BCUT2D eigenvalue weighted by molar-refractivity contribution is -0.124. The molecule has 0 unspecified atom stereocenters. The van der Waals surface area contributed by atoms with Crippen LogP contribution in [0.1, 0.15) is 30.4 Å². The largest absolute Gasteiger partial charge is 0.368 e. The van der Waals surface area contributed by atoms with Crippen molar-refractivity contribution in [1.82, 2.24) is 4.90 Å². The van der Waals surface area contributed by atoms with Gasteiger partial charge in [0.1, 0.15) is 0 Å². The molecule has 18 heavy (non-hydrogen) atoms. The standard InChI is InChI=1S/C14H17N3O/c15-9-11-5-1-2-6-12(11)10-17-8-4-3-7-13(17)14(16)18/h1-2,5-6,13H,3-4,7-8,10H2,(H2,16,18)/t13-/m1/s1. The summed E-state index contributed by atoms with van der Waals surface area (Å²) in [5.74, 6) is -0.260. The minimum absolute atomic E-state index is 0.189. The molecule has 0 bridgehead atoms. The van der Waals surface area contributed by atoms with Crippen molar-refractivity contribution in [3.05, 3.63) is 35.4 Å². The smallest absolute Gasteiger partial charge is 0.234 e. The molecule has 1 heterocycles. The number of piperidine rings is 1. The second-order valence-corrected chi connectivity index (χ2v) is 4.65. The summed E-state index contributed by atoms with van der Waals surface area (Å²) in [5.41, 5.74) is 7.07. The zero-order valence-electron chi connectivity index (χ0n) is 10.3. The van der Waals surface area contributed by atoms with Gasteiger partial charge in [0.25, 0.3) is 0 Å². The summed E-state index contributed by atoms with van der Waals surface area (Å²) in [4.78, 5) is 13.5. The average molecular weight is 243 g/mol. The van der Waals surface area contributed by atoms with Gasteiger partial charge in [-0.05, 0) is 31.0 Å². The summed E-state index contributed by atoms with van der Waals surface area (Å²) < 4.78 is 0. The fraction of sp³-hybridized carbons (Fsp3) is 0.429. The van der Waals surface area contributed by atoms with E-state index in [0.29, 0.717) is 12.1 Å². The second kappa shape index (κ2) is 5.65. The molecule has 1 aliphatic heterocycles. The molecule has 0 spiro atoms. The number of amides is 1. The lowest BCUT2D eigenvalue weighted by Gasteiger charge is -2.33. The molecule has 2 N–H and O–H groups in total. The maximum absolute atomic E-state index is 11.4. The van der Waals surface area contributed by atoms with E-state index in [4.69, 9.17) is 11.0 Å². The van der Waals surface area contributed by atoms with Crippen LogP contribution in [0.15, 0.2) is 24.3 Å². The van der Waals surface area contributed by atoms with E-state index in [1.165, 1.54) is 0 Å². The summed E-state index contributed by atoms with van der Waals surface area (Å²) in [6.45, 7) is 1.49. The zero-order chi connectivity index (χ0) is 13.0. The highest BCUT2D eigenvalue weighted by molar-refractivity contribution is 5.79. The van der Waals surface area contributed by atoms with Crippen molar-refractivity contribution in [3.63, 3.8) is 0 Å². The molecule has 0 saturated carbocycles. The van der Waals surface area contributed by atoms with Gasteiger partial charge in [-0.2, -0.15) is 5.26 Å². The van der Waals surface area contributed by atoms with Gasteiger partial charge >= 0.3 is 0 Å². The molecule has 1 saturated heterocycles. The van der Waals surface area contributed by atoms with E-state index in [-0.39, 0.29) is 11.9 Å². The molecule has 1 fully saturated rings. The first-order chi connectivity index (χ1) is 8.72. The lowest BCUT2D eigenvalue weighted by Crippen LogP contribution is -2.47. The molecule has 0 aliphatic carbocycles. The Hall–Kier alpha value is -1.86. The van der Waals surface area contributed by atoms with Crippen LogP contribution < -0.4 is 5.73 Å². The monoisotopic (exact) mass is 243 g/mol. The van der Waals surface area contributed by atoms with Crippen LogP contribution >= 0.6 is 0 Å². The molecule has 1 amide bonds. The number of primary amides is 1. The first-order valence-corrected chi connectivity index (χ1v) is 6.23. The third-order valence-corrected chi connectivity index (χ3v) is 3.45. The maximum Gasteiger partial charge on any atom is 0.234 e. The third kappa shape index (κ3) is 2.69. The average Bonchev–Trinajstić information content (AvgIpc) is 2.40. The first-order valence-electron chi connectivity index (χ1n) is 6.23. The molecule has 0 radical (unpaired) electrons. The molecule has 4 heteroatoms. The van der Waals surface area contributed by atoms with Crippen LogP contribution in [-0.2, 0) is 11.3 Å². The lowest BCUT2D eigenvalue weighted by atomic mass is 9.99. The number of carbonyl (C=O) groups is 1. The van der Waals surface area contributed by atoms with Gasteiger partial charge in [0.15, 0.2) is 0 Å². The van der Waals surface area contributed by atoms with Gasteiger partial charge in [-0.1, -0.05) is 24.6 Å². The topological polar surface area (TPSA) is 70.1 Å². The molecule has 1 atom stereocenters. The van der Waals surface area contributed by atoms with E-state index in [9.17, 15) is 4.79 Å². The van der Waals surface area contributed by atoms with E-state index < -0.39 is 0 Å². The Balaban J connectivity index is 2.16. The predicted octanol–water partition coefficient (Wildman–Crippen LogP) is 1.40. The quantitative estimate of drug-likeness (QED) is 0.872. The third-order valence-electron chi connectivity index (χ3n) is 3.45. The molecule has 1 aromatic rings. The summed E-state index contributed by atoms with van der Waals surface area (Å²) in [5, 5.41) is 9.06. The van der Waals surface area contributed by atoms with Crippen LogP contribution in [0.4, 0.5) is 0 Å². The van der Waals surface area contributed by atoms with Crippen LogP contribution in [0.25, 0.3) is 0 Å². The minimum atomic E-state index is -0.260. The molecular formula is C14H17N3O. The first kappa shape index (κ1) is 12.6. The Morgan fingerprint density at radius 1 is 1.44 bits per heavy atom. The van der Waals surface area contributed by atoms with Gasteiger partial charge < -0.3 is 5.73 Å². The number of nitrogens with zero attached hydrogens (tertiary/aromatic N) is 2. The molecule has 2 rings (SSSR count). The van der Waals surface area contributed by atoms with Crippen LogP contribution in [0.3, 0.4) is 0 Å².